The highest BCUT2D eigenvalue weighted by Gasteiger charge is 2.14. The monoisotopic (exact) mass is 438 g/mol. The number of rotatable bonds is 6. The molecule has 6 nitrogen and oxygen atoms in total. The van der Waals surface area contributed by atoms with Crippen LogP contribution in [0.25, 0.3) is 22.2 Å². The van der Waals surface area contributed by atoms with Crippen LogP contribution in [0.3, 0.4) is 0 Å². The van der Waals surface area contributed by atoms with Gasteiger partial charge in [-0.15, -0.1) is 0 Å². The largest absolute Gasteiger partial charge is 0.489 e. The molecule has 4 rings (SSSR count). The van der Waals surface area contributed by atoms with Crippen molar-refractivity contribution < 1.29 is 9.53 Å². The van der Waals surface area contributed by atoms with E-state index in [4.69, 9.17) is 27.9 Å². The van der Waals surface area contributed by atoms with Crippen LogP contribution in [0.4, 0.5) is 5.69 Å². The van der Waals surface area contributed by atoms with E-state index in [-0.39, 0.29) is 12.5 Å². The Morgan fingerprint density at radius 3 is 2.70 bits per heavy atom. The van der Waals surface area contributed by atoms with Crippen LogP contribution >= 0.6 is 23.2 Å². The number of nitrogens with one attached hydrogen (secondary N) is 2. The molecular formula is C22H16Cl2N4O2. The van der Waals surface area contributed by atoms with Crippen LogP contribution in [-0.4, -0.2) is 21.1 Å². The van der Waals surface area contributed by atoms with Gasteiger partial charge in [-0.05, 0) is 30.3 Å². The van der Waals surface area contributed by atoms with Crippen molar-refractivity contribution in [1.82, 2.24) is 15.2 Å². The highest BCUT2D eigenvalue weighted by Crippen LogP contribution is 2.34. The van der Waals surface area contributed by atoms with Crippen LogP contribution in [0.15, 0.2) is 67.5 Å². The number of pyridine rings is 1. The van der Waals surface area contributed by atoms with E-state index in [1.165, 1.54) is 18.5 Å². The van der Waals surface area contributed by atoms with E-state index in [0.717, 1.165) is 16.5 Å². The zero-order valence-electron chi connectivity index (χ0n) is 15.7. The van der Waals surface area contributed by atoms with E-state index in [0.29, 0.717) is 32.7 Å². The number of para-hydroxylation sites is 1. The maximum absolute atomic E-state index is 11.8. The van der Waals surface area contributed by atoms with E-state index in [1.807, 2.05) is 42.5 Å². The first-order chi connectivity index (χ1) is 14.6. The van der Waals surface area contributed by atoms with Crippen LogP contribution in [0, 0.1) is 0 Å². The van der Waals surface area contributed by atoms with Crippen molar-refractivity contribution in [3.63, 3.8) is 0 Å². The highest BCUT2D eigenvalue weighted by molar-refractivity contribution is 6.35. The summed E-state index contributed by atoms with van der Waals surface area (Å²) in [6, 6.07) is 13.0. The van der Waals surface area contributed by atoms with Gasteiger partial charge in [0, 0.05) is 28.9 Å². The number of H-pyrrole nitrogens is 1. The number of aromatic amines is 1. The number of benzene rings is 2. The SMILES string of the molecule is C=CC(=O)Nc1ccccc1-c1n[nH]c2ccc(OCc3c(Cl)cncc3Cl)cc12. The van der Waals surface area contributed by atoms with Crippen LogP contribution < -0.4 is 10.1 Å². The molecule has 2 heterocycles. The molecule has 150 valence electrons. The molecule has 0 aliphatic heterocycles. The van der Waals surface area contributed by atoms with Gasteiger partial charge in [0.2, 0.25) is 5.91 Å². The molecule has 0 saturated heterocycles. The lowest BCUT2D eigenvalue weighted by atomic mass is 10.1. The van der Waals surface area contributed by atoms with Crippen molar-refractivity contribution in [2.45, 2.75) is 6.61 Å². The Balaban J connectivity index is 1.68. The van der Waals surface area contributed by atoms with Gasteiger partial charge in [0.15, 0.2) is 0 Å². The molecule has 2 N–H and O–H groups in total. The maximum Gasteiger partial charge on any atom is 0.247 e. The van der Waals surface area contributed by atoms with Gasteiger partial charge in [-0.1, -0.05) is 48.0 Å². The average molecular weight is 439 g/mol. The zero-order chi connectivity index (χ0) is 21.1. The number of fused-ring (bicyclic) bond motifs is 1. The molecule has 8 heteroatoms. The molecule has 2 aromatic heterocycles. The summed E-state index contributed by atoms with van der Waals surface area (Å²) >= 11 is 12.3. The van der Waals surface area contributed by atoms with Gasteiger partial charge in [-0.3, -0.25) is 14.9 Å². The quantitative estimate of drug-likeness (QED) is 0.382. The molecule has 1 amide bonds. The van der Waals surface area contributed by atoms with E-state index >= 15 is 0 Å². The van der Waals surface area contributed by atoms with Gasteiger partial charge in [0.25, 0.3) is 0 Å². The molecule has 2 aromatic carbocycles. The summed E-state index contributed by atoms with van der Waals surface area (Å²) in [5.41, 5.74) is 3.60. The summed E-state index contributed by atoms with van der Waals surface area (Å²) in [4.78, 5) is 15.7. The van der Waals surface area contributed by atoms with E-state index in [1.54, 1.807) is 0 Å². The highest BCUT2D eigenvalue weighted by atomic mass is 35.5. The Kier molecular flexibility index (Phi) is 5.70. The standard InChI is InChI=1S/C22H16Cl2N4O2/c1-2-21(29)26-19-6-4-3-5-14(19)22-15-9-13(7-8-20(15)27-28-22)30-12-16-17(23)10-25-11-18(16)24/h2-11H,1,12H2,(H,26,29)(H,27,28). The molecule has 0 saturated carbocycles. The second kappa shape index (κ2) is 8.57. The lowest BCUT2D eigenvalue weighted by Gasteiger charge is -2.10. The molecule has 0 aliphatic carbocycles. The number of halogens is 2. The van der Waals surface area contributed by atoms with Gasteiger partial charge in [0.05, 0.1) is 21.2 Å². The van der Waals surface area contributed by atoms with Crippen LogP contribution in [-0.2, 0) is 11.4 Å². The summed E-state index contributed by atoms with van der Waals surface area (Å²) in [6.45, 7) is 3.69. The number of anilines is 1. The van der Waals surface area contributed by atoms with Gasteiger partial charge < -0.3 is 10.1 Å². The minimum atomic E-state index is -0.294. The maximum atomic E-state index is 11.8. The minimum Gasteiger partial charge on any atom is -0.489 e. The number of carbonyl (C=O) groups excluding carboxylic acids is 1. The number of carbonyl (C=O) groups is 1. The molecule has 4 aromatic rings. The third kappa shape index (κ3) is 4.01. The van der Waals surface area contributed by atoms with Gasteiger partial charge in [-0.25, -0.2) is 0 Å². The third-order valence-corrected chi connectivity index (χ3v) is 5.15. The number of hydrogen-bond acceptors (Lipinski definition) is 4. The molecule has 0 fully saturated rings. The minimum absolute atomic E-state index is 0.199. The first kappa shape index (κ1) is 19.9. The summed E-state index contributed by atoms with van der Waals surface area (Å²) in [5.74, 6) is 0.333. The van der Waals surface area contributed by atoms with Gasteiger partial charge >= 0.3 is 0 Å². The van der Waals surface area contributed by atoms with E-state index < -0.39 is 0 Å². The summed E-state index contributed by atoms with van der Waals surface area (Å²) in [5, 5.41) is 12.0. The number of hydrogen-bond donors (Lipinski definition) is 2. The predicted molar refractivity (Wildman–Crippen MR) is 119 cm³/mol. The lowest BCUT2D eigenvalue weighted by Crippen LogP contribution is -2.08. The Labute approximate surface area is 182 Å². The van der Waals surface area contributed by atoms with Crippen molar-refractivity contribution in [2.75, 3.05) is 5.32 Å². The fourth-order valence-corrected chi connectivity index (χ4v) is 3.48. The summed E-state index contributed by atoms with van der Waals surface area (Å²) in [6.07, 6.45) is 4.27. The number of nitrogens with zero attached hydrogens (tertiary/aromatic N) is 2. The Hall–Kier alpha value is -3.35. The number of aromatic nitrogens is 3. The Bertz CT molecular complexity index is 1230. The Morgan fingerprint density at radius 1 is 1.17 bits per heavy atom. The van der Waals surface area contributed by atoms with Gasteiger partial charge in [-0.2, -0.15) is 5.10 Å². The number of ether oxygens (including phenoxy) is 1. The molecule has 30 heavy (non-hydrogen) atoms. The van der Waals surface area contributed by atoms with E-state index in [2.05, 4.69) is 27.1 Å². The average Bonchev–Trinajstić information content (AvgIpc) is 3.17. The molecule has 0 radical (unpaired) electrons. The molecule has 0 atom stereocenters. The molecule has 0 unspecified atom stereocenters. The Morgan fingerprint density at radius 2 is 1.93 bits per heavy atom. The van der Waals surface area contributed by atoms with Crippen molar-refractivity contribution >= 4 is 45.7 Å². The second-order valence-electron chi connectivity index (χ2n) is 6.39. The van der Waals surface area contributed by atoms with Crippen molar-refractivity contribution in [1.29, 1.82) is 0 Å². The van der Waals surface area contributed by atoms with Crippen molar-refractivity contribution in [2.24, 2.45) is 0 Å². The summed E-state index contributed by atoms with van der Waals surface area (Å²) < 4.78 is 5.91. The fourth-order valence-electron chi connectivity index (χ4n) is 3.00. The lowest BCUT2D eigenvalue weighted by molar-refractivity contribution is -0.111. The first-order valence-corrected chi connectivity index (χ1v) is 9.74. The second-order valence-corrected chi connectivity index (χ2v) is 7.20. The summed E-state index contributed by atoms with van der Waals surface area (Å²) in [7, 11) is 0. The third-order valence-electron chi connectivity index (χ3n) is 4.50. The first-order valence-electron chi connectivity index (χ1n) is 8.98. The number of amides is 1. The molecule has 0 bridgehead atoms. The van der Waals surface area contributed by atoms with Crippen LogP contribution in [0.2, 0.25) is 10.0 Å². The molecular weight excluding hydrogens is 423 g/mol. The smallest absolute Gasteiger partial charge is 0.247 e. The van der Waals surface area contributed by atoms with Crippen LogP contribution in [0.1, 0.15) is 5.56 Å². The van der Waals surface area contributed by atoms with Crippen molar-refractivity contribution in [3.8, 4) is 17.0 Å². The normalized spacial score (nSPS) is 10.7. The predicted octanol–water partition coefficient (Wildman–Crippen LogP) is 5.64. The molecule has 0 spiro atoms. The molecule has 0 aliphatic rings. The van der Waals surface area contributed by atoms with Crippen LogP contribution in [0.5, 0.6) is 5.75 Å². The topological polar surface area (TPSA) is 79.9 Å². The van der Waals surface area contributed by atoms with E-state index in [9.17, 15) is 4.79 Å². The fraction of sp³-hybridized carbons (Fsp3) is 0.0455. The van der Waals surface area contributed by atoms with Crippen molar-refractivity contribution in [3.05, 3.63) is 83.1 Å². The van der Waals surface area contributed by atoms with Gasteiger partial charge in [0.1, 0.15) is 18.1 Å². The zero-order valence-corrected chi connectivity index (χ0v) is 17.2.